The van der Waals surface area contributed by atoms with Gasteiger partial charge in [-0.3, -0.25) is 0 Å². The smallest absolute Gasteiger partial charge is 0.164 e. The van der Waals surface area contributed by atoms with Crippen LogP contribution < -0.4 is 0 Å². The van der Waals surface area contributed by atoms with Gasteiger partial charge in [0.1, 0.15) is 0 Å². The number of aromatic nitrogens is 3. The van der Waals surface area contributed by atoms with Crippen molar-refractivity contribution in [2.45, 2.75) is 24.7 Å². The van der Waals surface area contributed by atoms with E-state index in [0.29, 0.717) is 17.5 Å². The lowest BCUT2D eigenvalue weighted by Gasteiger charge is -2.46. The first-order valence-corrected chi connectivity index (χ1v) is 21.4. The predicted molar refractivity (Wildman–Crippen MR) is 254 cm³/mol. The summed E-state index contributed by atoms with van der Waals surface area (Å²) in [5.41, 5.74) is 17.9. The molecule has 12 rings (SSSR count). The number of fused-ring (bicyclic) bond motifs is 10. The Kier molecular flexibility index (Phi) is 8.10. The van der Waals surface area contributed by atoms with Crippen molar-refractivity contribution in [3.63, 3.8) is 0 Å². The maximum Gasteiger partial charge on any atom is 0.164 e. The number of benzene rings is 9. The minimum Gasteiger partial charge on any atom is -0.208 e. The van der Waals surface area contributed by atoms with Crippen LogP contribution in [0.15, 0.2) is 212 Å². The Labute approximate surface area is 362 Å². The van der Waals surface area contributed by atoms with Crippen molar-refractivity contribution < 1.29 is 0 Å². The molecule has 3 nitrogen and oxygen atoms in total. The van der Waals surface area contributed by atoms with E-state index in [9.17, 15) is 0 Å². The van der Waals surface area contributed by atoms with E-state index in [0.717, 1.165) is 27.8 Å². The summed E-state index contributed by atoms with van der Waals surface area (Å²) in [6.45, 7) is 4.76. The molecule has 0 fully saturated rings. The Hall–Kier alpha value is -7.75. The van der Waals surface area contributed by atoms with Gasteiger partial charge < -0.3 is 0 Å². The van der Waals surface area contributed by atoms with E-state index < -0.39 is 5.41 Å². The van der Waals surface area contributed by atoms with E-state index in [2.05, 4.69) is 166 Å². The lowest BCUT2D eigenvalue weighted by molar-refractivity contribution is 0.563. The molecule has 0 bridgehead atoms. The lowest BCUT2D eigenvalue weighted by Crippen LogP contribution is -2.40. The van der Waals surface area contributed by atoms with E-state index in [-0.39, 0.29) is 5.41 Å². The van der Waals surface area contributed by atoms with Gasteiger partial charge in [0.15, 0.2) is 17.5 Å². The van der Waals surface area contributed by atoms with Crippen molar-refractivity contribution in [1.29, 1.82) is 0 Å². The molecule has 0 unspecified atom stereocenters. The van der Waals surface area contributed by atoms with Crippen molar-refractivity contribution in [3.05, 3.63) is 246 Å². The fourth-order valence-corrected chi connectivity index (χ4v) is 10.5. The first kappa shape index (κ1) is 36.1. The molecular formula is C59H41N3. The van der Waals surface area contributed by atoms with Crippen LogP contribution in [-0.4, -0.2) is 15.0 Å². The van der Waals surface area contributed by atoms with Crippen LogP contribution in [0.1, 0.15) is 47.2 Å². The maximum absolute atomic E-state index is 4.95. The van der Waals surface area contributed by atoms with Crippen LogP contribution in [0, 0.1) is 0 Å². The molecule has 0 amide bonds. The molecule has 10 aromatic rings. The van der Waals surface area contributed by atoms with Gasteiger partial charge in [0.25, 0.3) is 0 Å². The lowest BCUT2D eigenvalue weighted by atomic mass is 9.55. The summed E-state index contributed by atoms with van der Waals surface area (Å²) in [7, 11) is 0. The zero-order valence-electron chi connectivity index (χ0n) is 34.5. The second-order valence-electron chi connectivity index (χ2n) is 17.1. The summed E-state index contributed by atoms with van der Waals surface area (Å²) >= 11 is 0. The number of nitrogens with zero attached hydrogens (tertiary/aromatic N) is 3. The van der Waals surface area contributed by atoms with Crippen LogP contribution in [0.3, 0.4) is 0 Å². The predicted octanol–water partition coefficient (Wildman–Crippen LogP) is 14.4. The summed E-state index contributed by atoms with van der Waals surface area (Å²) in [5.74, 6) is 1.96. The highest BCUT2D eigenvalue weighted by atomic mass is 15.0. The molecule has 1 spiro atoms. The minimum atomic E-state index is -0.428. The van der Waals surface area contributed by atoms with Crippen molar-refractivity contribution in [2.24, 2.45) is 0 Å². The van der Waals surface area contributed by atoms with Gasteiger partial charge in [-0.25, -0.2) is 15.0 Å². The monoisotopic (exact) mass is 791 g/mol. The standard InChI is InChI=1S/C59H41N3/c1-58(2)50-24-11-13-26-52(50)59(53-27-14-12-25-51(53)58)49-23-10-9-21-47(49)48-35-33-44(37-54(48)59)45-22-15-20-43-36-42(32-34-46(43)45)38-28-30-41(31-29-38)57-61-55(39-16-5-3-6-17-39)60-56(62-57)40-18-7-4-8-19-40/h3-37H,1-2H3. The molecule has 2 aliphatic rings. The summed E-state index contributed by atoms with van der Waals surface area (Å²) in [5, 5.41) is 2.44. The Morgan fingerprint density at radius 2 is 0.742 bits per heavy atom. The van der Waals surface area contributed by atoms with Crippen LogP contribution in [-0.2, 0) is 10.8 Å². The fraction of sp³-hybridized carbons (Fsp3) is 0.0678. The number of rotatable bonds is 5. The molecular weight excluding hydrogens is 751 g/mol. The molecule has 0 radical (unpaired) electrons. The highest BCUT2D eigenvalue weighted by molar-refractivity contribution is 6.00. The Bertz CT molecular complexity index is 3260. The van der Waals surface area contributed by atoms with Crippen LogP contribution in [0.4, 0.5) is 0 Å². The van der Waals surface area contributed by atoms with Crippen molar-refractivity contribution in [2.75, 3.05) is 0 Å². The maximum atomic E-state index is 4.95. The topological polar surface area (TPSA) is 38.7 Å². The van der Waals surface area contributed by atoms with Gasteiger partial charge >= 0.3 is 0 Å². The normalized spacial score (nSPS) is 13.9. The molecule has 3 heteroatoms. The summed E-state index contributed by atoms with van der Waals surface area (Å²) in [6, 6.07) is 77.0. The van der Waals surface area contributed by atoms with Crippen LogP contribution in [0.2, 0.25) is 0 Å². The van der Waals surface area contributed by atoms with E-state index in [4.69, 9.17) is 15.0 Å². The molecule has 1 aromatic heterocycles. The zero-order chi connectivity index (χ0) is 41.4. The number of hydrogen-bond donors (Lipinski definition) is 0. The third-order valence-electron chi connectivity index (χ3n) is 13.4. The molecule has 9 aromatic carbocycles. The first-order valence-electron chi connectivity index (χ1n) is 21.4. The SMILES string of the molecule is CC1(C)c2ccccc2C2(c3ccccc3-c3ccc(-c4cccc5cc(-c6ccc(-c7nc(-c8ccccc8)nc(-c8ccccc8)n7)cc6)ccc45)cc32)c2ccccc21. The van der Waals surface area contributed by atoms with Crippen molar-refractivity contribution in [3.8, 4) is 67.5 Å². The highest BCUT2D eigenvalue weighted by Gasteiger charge is 2.53. The average molecular weight is 792 g/mol. The Balaban J connectivity index is 0.944. The third kappa shape index (κ3) is 5.41. The van der Waals surface area contributed by atoms with Crippen LogP contribution in [0.5, 0.6) is 0 Å². The summed E-state index contributed by atoms with van der Waals surface area (Å²) in [4.78, 5) is 14.8. The Morgan fingerprint density at radius 1 is 0.290 bits per heavy atom. The van der Waals surface area contributed by atoms with Gasteiger partial charge in [0.2, 0.25) is 0 Å². The Morgan fingerprint density at radius 3 is 1.35 bits per heavy atom. The molecule has 62 heavy (non-hydrogen) atoms. The van der Waals surface area contributed by atoms with Crippen molar-refractivity contribution >= 4 is 10.8 Å². The zero-order valence-corrected chi connectivity index (χ0v) is 34.5. The fourth-order valence-electron chi connectivity index (χ4n) is 10.5. The van der Waals surface area contributed by atoms with Crippen LogP contribution in [0.25, 0.3) is 78.3 Å². The molecule has 2 aliphatic carbocycles. The quantitative estimate of drug-likeness (QED) is 0.174. The highest BCUT2D eigenvalue weighted by Crippen LogP contribution is 2.62. The van der Waals surface area contributed by atoms with E-state index in [1.54, 1.807) is 0 Å². The van der Waals surface area contributed by atoms with Crippen LogP contribution >= 0.6 is 0 Å². The second kappa shape index (κ2) is 13.9. The summed E-state index contributed by atoms with van der Waals surface area (Å²) < 4.78 is 0. The molecule has 0 atom stereocenters. The van der Waals surface area contributed by atoms with Gasteiger partial charge in [0, 0.05) is 22.1 Å². The molecule has 292 valence electrons. The second-order valence-corrected chi connectivity index (χ2v) is 17.1. The van der Waals surface area contributed by atoms with E-state index in [1.807, 2.05) is 60.7 Å². The van der Waals surface area contributed by atoms with Gasteiger partial charge in [-0.2, -0.15) is 0 Å². The van der Waals surface area contributed by atoms with Crippen molar-refractivity contribution in [1.82, 2.24) is 15.0 Å². The first-order chi connectivity index (χ1) is 30.5. The largest absolute Gasteiger partial charge is 0.208 e. The number of hydrogen-bond acceptors (Lipinski definition) is 3. The van der Waals surface area contributed by atoms with Gasteiger partial charge in [-0.05, 0) is 89.7 Å². The van der Waals surface area contributed by atoms with Gasteiger partial charge in [-0.15, -0.1) is 0 Å². The minimum absolute atomic E-state index is 0.133. The third-order valence-corrected chi connectivity index (χ3v) is 13.4. The van der Waals surface area contributed by atoms with Gasteiger partial charge in [-0.1, -0.05) is 214 Å². The van der Waals surface area contributed by atoms with E-state index in [1.165, 1.54) is 66.4 Å². The average Bonchev–Trinajstić information content (AvgIpc) is 3.63. The molecule has 0 saturated carbocycles. The molecule has 0 N–H and O–H groups in total. The molecule has 0 saturated heterocycles. The molecule has 1 heterocycles. The van der Waals surface area contributed by atoms with Gasteiger partial charge in [0.05, 0.1) is 5.41 Å². The van der Waals surface area contributed by atoms with E-state index >= 15 is 0 Å². The summed E-state index contributed by atoms with van der Waals surface area (Å²) in [6.07, 6.45) is 0. The molecule has 0 aliphatic heterocycles.